The summed E-state index contributed by atoms with van der Waals surface area (Å²) in [5.74, 6) is -0.0721. The molecule has 0 heterocycles. The Hall–Kier alpha value is -2.45. The predicted octanol–water partition coefficient (Wildman–Crippen LogP) is 2.75. The average Bonchev–Trinajstić information content (AvgIpc) is 2.52. The van der Waals surface area contributed by atoms with Crippen LogP contribution < -0.4 is 11.1 Å². The molecule has 0 atom stereocenters. The monoisotopic (exact) mass is 297 g/mol. The van der Waals surface area contributed by atoms with Gasteiger partial charge in [-0.05, 0) is 29.8 Å². The molecule has 0 aliphatic carbocycles. The third-order valence-electron chi connectivity index (χ3n) is 2.82. The number of carbonyl (C=O) groups is 1. The van der Waals surface area contributed by atoms with Crippen LogP contribution in [0.4, 0.5) is 5.69 Å². The van der Waals surface area contributed by atoms with Crippen LogP contribution in [0.3, 0.4) is 0 Å². The molecule has 0 saturated carbocycles. The molecule has 3 N–H and O–H groups in total. The molecular formula is C16H15N3OS. The summed E-state index contributed by atoms with van der Waals surface area (Å²) >= 11 is 1.42. The first-order chi connectivity index (χ1) is 10.2. The van der Waals surface area contributed by atoms with Gasteiger partial charge in [-0.2, -0.15) is 5.26 Å². The van der Waals surface area contributed by atoms with E-state index in [9.17, 15) is 4.79 Å². The number of nitrogens with two attached hydrogens (primary N) is 1. The van der Waals surface area contributed by atoms with E-state index in [0.29, 0.717) is 12.1 Å². The number of nitrogens with zero attached hydrogens (tertiary/aromatic N) is 1. The minimum absolute atomic E-state index is 0.259. The first-order valence-electron chi connectivity index (χ1n) is 6.42. The summed E-state index contributed by atoms with van der Waals surface area (Å²) in [5.41, 5.74) is 7.88. The molecule has 0 aliphatic rings. The summed E-state index contributed by atoms with van der Waals surface area (Å²) < 4.78 is 0. The number of benzene rings is 2. The number of hydrogen-bond donors (Lipinski definition) is 2. The Labute approximate surface area is 128 Å². The first kappa shape index (κ1) is 14.9. The maximum Gasteiger partial charge on any atom is 0.227 e. The predicted molar refractivity (Wildman–Crippen MR) is 84.8 cm³/mol. The van der Waals surface area contributed by atoms with Crippen LogP contribution in [0.25, 0.3) is 0 Å². The Morgan fingerprint density at radius 3 is 2.57 bits per heavy atom. The second-order valence-electron chi connectivity index (χ2n) is 4.41. The van der Waals surface area contributed by atoms with Crippen LogP contribution in [-0.4, -0.2) is 11.7 Å². The molecule has 2 aromatic rings. The quantitative estimate of drug-likeness (QED) is 0.804. The molecule has 106 valence electrons. The molecular weight excluding hydrogens is 282 g/mol. The maximum absolute atomic E-state index is 10.9. The topological polar surface area (TPSA) is 78.9 Å². The van der Waals surface area contributed by atoms with E-state index in [0.717, 1.165) is 16.1 Å². The molecule has 0 fully saturated rings. The molecule has 0 unspecified atom stereocenters. The maximum atomic E-state index is 10.9. The number of nitrogens with one attached hydrogen (secondary N) is 1. The summed E-state index contributed by atoms with van der Waals surface area (Å²) in [6.45, 7) is 0.653. The van der Waals surface area contributed by atoms with Gasteiger partial charge in [-0.1, -0.05) is 24.3 Å². The van der Waals surface area contributed by atoms with Gasteiger partial charge in [-0.25, -0.2) is 0 Å². The van der Waals surface area contributed by atoms with Crippen molar-refractivity contribution in [3.8, 4) is 6.07 Å². The molecule has 21 heavy (non-hydrogen) atoms. The van der Waals surface area contributed by atoms with E-state index in [1.54, 1.807) is 12.1 Å². The number of rotatable bonds is 6. The highest BCUT2D eigenvalue weighted by molar-refractivity contribution is 8.00. The van der Waals surface area contributed by atoms with E-state index < -0.39 is 0 Å². The van der Waals surface area contributed by atoms with Gasteiger partial charge < -0.3 is 11.1 Å². The third kappa shape index (κ3) is 4.55. The second-order valence-corrected chi connectivity index (χ2v) is 5.43. The summed E-state index contributed by atoms with van der Waals surface area (Å²) in [4.78, 5) is 11.9. The number of amides is 1. The highest BCUT2D eigenvalue weighted by Gasteiger charge is 2.04. The summed E-state index contributed by atoms with van der Waals surface area (Å²) in [5, 5.41) is 12.1. The Morgan fingerprint density at radius 2 is 1.90 bits per heavy atom. The van der Waals surface area contributed by atoms with Crippen LogP contribution in [0.2, 0.25) is 0 Å². The summed E-state index contributed by atoms with van der Waals surface area (Å²) in [6.07, 6.45) is 0. The fraction of sp³-hybridized carbons (Fsp3) is 0.125. The molecule has 4 nitrogen and oxygen atoms in total. The number of primary amides is 1. The highest BCUT2D eigenvalue weighted by Crippen LogP contribution is 2.27. The normalized spacial score (nSPS) is 9.86. The zero-order valence-corrected chi connectivity index (χ0v) is 12.2. The van der Waals surface area contributed by atoms with E-state index in [1.807, 2.05) is 36.4 Å². The lowest BCUT2D eigenvalue weighted by molar-refractivity contribution is -0.115. The Bertz CT molecular complexity index is 662. The Morgan fingerprint density at radius 1 is 1.19 bits per heavy atom. The van der Waals surface area contributed by atoms with E-state index in [1.165, 1.54) is 11.8 Å². The van der Waals surface area contributed by atoms with Crippen molar-refractivity contribution in [3.05, 3.63) is 59.7 Å². The van der Waals surface area contributed by atoms with Crippen molar-refractivity contribution in [2.75, 3.05) is 11.1 Å². The Kier molecular flexibility index (Phi) is 5.24. The van der Waals surface area contributed by atoms with Crippen molar-refractivity contribution in [1.29, 1.82) is 5.26 Å². The second kappa shape index (κ2) is 7.36. The van der Waals surface area contributed by atoms with Gasteiger partial charge in [-0.3, -0.25) is 4.79 Å². The van der Waals surface area contributed by atoms with Gasteiger partial charge in [0.2, 0.25) is 5.91 Å². The lowest BCUT2D eigenvalue weighted by Gasteiger charge is -2.11. The summed E-state index contributed by atoms with van der Waals surface area (Å²) in [6, 6.07) is 17.3. The standard InChI is InChI=1S/C16H15N3OS/c17-9-12-5-7-13(8-6-12)10-19-14-3-1-2-4-15(14)21-11-16(18)20/h1-8,19H,10-11H2,(H2,18,20). The van der Waals surface area contributed by atoms with Gasteiger partial charge in [0.15, 0.2) is 0 Å². The SMILES string of the molecule is N#Cc1ccc(CNc2ccccc2SCC(N)=O)cc1. The molecule has 0 aliphatic heterocycles. The molecule has 0 radical (unpaired) electrons. The molecule has 5 heteroatoms. The van der Waals surface area contributed by atoms with Crippen LogP contribution in [0.1, 0.15) is 11.1 Å². The van der Waals surface area contributed by atoms with Gasteiger partial charge in [0.1, 0.15) is 0 Å². The van der Waals surface area contributed by atoms with Gasteiger partial charge in [0.25, 0.3) is 0 Å². The molecule has 2 rings (SSSR count). The van der Waals surface area contributed by atoms with Gasteiger partial charge in [-0.15, -0.1) is 11.8 Å². The highest BCUT2D eigenvalue weighted by atomic mass is 32.2. The molecule has 0 saturated heterocycles. The van der Waals surface area contributed by atoms with E-state index in [2.05, 4.69) is 11.4 Å². The number of thioether (sulfide) groups is 1. The van der Waals surface area contributed by atoms with E-state index in [-0.39, 0.29) is 11.7 Å². The van der Waals surface area contributed by atoms with Crippen molar-refractivity contribution in [2.24, 2.45) is 5.73 Å². The van der Waals surface area contributed by atoms with E-state index >= 15 is 0 Å². The number of anilines is 1. The molecule has 0 spiro atoms. The summed E-state index contributed by atoms with van der Waals surface area (Å²) in [7, 11) is 0. The van der Waals surface area contributed by atoms with Crippen molar-refractivity contribution in [1.82, 2.24) is 0 Å². The zero-order chi connectivity index (χ0) is 15.1. The minimum Gasteiger partial charge on any atom is -0.380 e. The third-order valence-corrected chi connectivity index (χ3v) is 3.92. The van der Waals surface area contributed by atoms with E-state index in [4.69, 9.17) is 11.0 Å². The smallest absolute Gasteiger partial charge is 0.227 e. The lowest BCUT2D eigenvalue weighted by Crippen LogP contribution is -2.13. The lowest BCUT2D eigenvalue weighted by atomic mass is 10.1. The molecule has 2 aromatic carbocycles. The van der Waals surface area contributed by atoms with Gasteiger partial charge in [0, 0.05) is 17.1 Å². The number of hydrogen-bond acceptors (Lipinski definition) is 4. The van der Waals surface area contributed by atoms with Crippen LogP contribution in [0.5, 0.6) is 0 Å². The van der Waals surface area contributed by atoms with Gasteiger partial charge >= 0.3 is 0 Å². The van der Waals surface area contributed by atoms with Crippen molar-refractivity contribution >= 4 is 23.4 Å². The number of nitriles is 1. The minimum atomic E-state index is -0.332. The average molecular weight is 297 g/mol. The molecule has 1 amide bonds. The van der Waals surface area contributed by atoms with Crippen molar-refractivity contribution < 1.29 is 4.79 Å². The van der Waals surface area contributed by atoms with Crippen molar-refractivity contribution in [2.45, 2.75) is 11.4 Å². The molecule has 0 aromatic heterocycles. The largest absolute Gasteiger partial charge is 0.380 e. The number of carbonyl (C=O) groups excluding carboxylic acids is 1. The molecule has 0 bridgehead atoms. The van der Waals surface area contributed by atoms with Crippen molar-refractivity contribution in [3.63, 3.8) is 0 Å². The van der Waals surface area contributed by atoms with Crippen LogP contribution >= 0.6 is 11.8 Å². The van der Waals surface area contributed by atoms with Crippen LogP contribution in [0, 0.1) is 11.3 Å². The van der Waals surface area contributed by atoms with Gasteiger partial charge in [0.05, 0.1) is 17.4 Å². The first-order valence-corrected chi connectivity index (χ1v) is 7.40. The zero-order valence-electron chi connectivity index (χ0n) is 11.4. The fourth-order valence-corrected chi connectivity index (χ4v) is 2.55. The fourth-order valence-electron chi connectivity index (χ4n) is 1.78. The number of para-hydroxylation sites is 1. The van der Waals surface area contributed by atoms with Crippen LogP contribution in [0.15, 0.2) is 53.4 Å². The Balaban J connectivity index is 2.02. The van der Waals surface area contributed by atoms with Crippen LogP contribution in [-0.2, 0) is 11.3 Å².